The van der Waals surface area contributed by atoms with E-state index in [0.29, 0.717) is 0 Å². The molecule has 0 spiro atoms. The van der Waals surface area contributed by atoms with Crippen LogP contribution in [0.25, 0.3) is 0 Å². The molecule has 0 aliphatic carbocycles. The molecule has 0 aliphatic rings. The fraction of sp³-hybridized carbons (Fsp3) is 0.455. The Morgan fingerprint density at radius 2 is 1.64 bits per heavy atom. The maximum Gasteiger partial charge on any atom is 0.118 e. The molecule has 1 N–H and O–H groups in total. The van der Waals surface area contributed by atoms with Crippen LogP contribution in [0.1, 0.15) is 11.3 Å². The number of aliphatic hydroxyl groups is 1. The van der Waals surface area contributed by atoms with Crippen LogP contribution in [0.2, 0.25) is 19.6 Å². The number of methoxy groups -OCH3 is 1. The lowest BCUT2D eigenvalue weighted by Gasteiger charge is -2.24. The van der Waals surface area contributed by atoms with E-state index in [1.165, 1.54) is 0 Å². The van der Waals surface area contributed by atoms with Gasteiger partial charge in [0.2, 0.25) is 0 Å². The number of benzene rings is 1. The molecule has 1 rings (SSSR count). The normalized spacial score (nSPS) is 13.8. The van der Waals surface area contributed by atoms with Crippen LogP contribution in [0.4, 0.5) is 0 Å². The van der Waals surface area contributed by atoms with Crippen molar-refractivity contribution < 1.29 is 9.84 Å². The van der Waals surface area contributed by atoms with Gasteiger partial charge in [0.1, 0.15) is 5.75 Å². The van der Waals surface area contributed by atoms with Gasteiger partial charge in [0.05, 0.1) is 20.9 Å². The van der Waals surface area contributed by atoms with E-state index in [1.54, 1.807) is 7.11 Å². The van der Waals surface area contributed by atoms with Gasteiger partial charge in [0, 0.05) is 0 Å². The Labute approximate surface area is 86.5 Å². The fourth-order valence-electron chi connectivity index (χ4n) is 1.29. The van der Waals surface area contributed by atoms with Crippen LogP contribution in [0.3, 0.4) is 0 Å². The first-order valence-corrected chi connectivity index (χ1v) is 8.35. The van der Waals surface area contributed by atoms with E-state index in [4.69, 9.17) is 4.74 Å². The molecule has 0 bridgehead atoms. The summed E-state index contributed by atoms with van der Waals surface area (Å²) in [6.45, 7) is 6.46. The van der Waals surface area contributed by atoms with Gasteiger partial charge in [-0.1, -0.05) is 31.8 Å². The van der Waals surface area contributed by atoms with Gasteiger partial charge < -0.3 is 9.84 Å². The summed E-state index contributed by atoms with van der Waals surface area (Å²) in [5.74, 6) is 0.830. The van der Waals surface area contributed by atoms with Crippen LogP contribution < -0.4 is 4.74 Å². The van der Waals surface area contributed by atoms with Crippen molar-refractivity contribution in [2.24, 2.45) is 0 Å². The highest BCUT2D eigenvalue weighted by molar-refractivity contribution is 6.77. The molecule has 0 aromatic heterocycles. The smallest absolute Gasteiger partial charge is 0.118 e. The molecule has 78 valence electrons. The second kappa shape index (κ2) is 4.15. The zero-order valence-electron chi connectivity index (χ0n) is 9.24. The van der Waals surface area contributed by atoms with Crippen LogP contribution in [0.5, 0.6) is 5.75 Å². The second-order valence-electron chi connectivity index (χ2n) is 4.54. The van der Waals surface area contributed by atoms with Gasteiger partial charge >= 0.3 is 0 Å². The summed E-state index contributed by atoms with van der Waals surface area (Å²) in [5, 5.41) is 10.0. The predicted octanol–water partition coefficient (Wildman–Crippen LogP) is 2.61. The molecule has 0 aliphatic heterocycles. The minimum absolute atomic E-state index is 0.298. The summed E-state index contributed by atoms with van der Waals surface area (Å²) in [6, 6.07) is 7.64. The zero-order valence-corrected chi connectivity index (χ0v) is 10.2. The van der Waals surface area contributed by atoms with Crippen molar-refractivity contribution in [2.45, 2.75) is 25.4 Å². The first-order valence-electron chi connectivity index (χ1n) is 4.77. The minimum Gasteiger partial charge on any atom is -0.497 e. The molecular weight excluding hydrogens is 192 g/mol. The van der Waals surface area contributed by atoms with Gasteiger partial charge in [-0.2, -0.15) is 0 Å². The molecule has 1 aromatic carbocycles. The van der Waals surface area contributed by atoms with Crippen molar-refractivity contribution in [3.8, 4) is 5.75 Å². The molecule has 3 heteroatoms. The van der Waals surface area contributed by atoms with E-state index in [0.717, 1.165) is 11.3 Å². The average Bonchev–Trinajstić information content (AvgIpc) is 2.15. The number of hydrogen-bond donors (Lipinski definition) is 1. The maximum absolute atomic E-state index is 10.0. The molecule has 14 heavy (non-hydrogen) atoms. The predicted molar refractivity (Wildman–Crippen MR) is 61.3 cm³/mol. The topological polar surface area (TPSA) is 29.5 Å². The molecule has 2 nitrogen and oxygen atoms in total. The highest BCUT2D eigenvalue weighted by Crippen LogP contribution is 2.25. The third kappa shape index (κ3) is 2.59. The van der Waals surface area contributed by atoms with Gasteiger partial charge in [0.25, 0.3) is 0 Å². The standard InChI is InChI=1S/C11H18O2Si/c1-13-10-7-5-9(6-8-10)11(12)14(2,3)4/h5-8,11-12H,1-4H3/t11-/m0/s1. The maximum atomic E-state index is 10.0. The Bertz CT molecular complexity index is 287. The highest BCUT2D eigenvalue weighted by atomic mass is 28.3. The largest absolute Gasteiger partial charge is 0.497 e. The number of hydrogen-bond acceptors (Lipinski definition) is 2. The highest BCUT2D eigenvalue weighted by Gasteiger charge is 2.25. The Balaban J connectivity index is 2.87. The van der Waals surface area contributed by atoms with E-state index in [1.807, 2.05) is 24.3 Å². The van der Waals surface area contributed by atoms with Crippen LogP contribution in [0, 0.1) is 0 Å². The van der Waals surface area contributed by atoms with E-state index in [9.17, 15) is 5.11 Å². The third-order valence-electron chi connectivity index (χ3n) is 2.25. The summed E-state index contributed by atoms with van der Waals surface area (Å²) in [5.41, 5.74) is 0.693. The Kier molecular flexibility index (Phi) is 3.34. The quantitative estimate of drug-likeness (QED) is 0.777. The molecule has 0 amide bonds. The Morgan fingerprint density at radius 1 is 1.14 bits per heavy atom. The van der Waals surface area contributed by atoms with Crippen LogP contribution in [-0.2, 0) is 0 Å². The summed E-state index contributed by atoms with van der Waals surface area (Å²) < 4.78 is 5.06. The first kappa shape index (κ1) is 11.3. The summed E-state index contributed by atoms with van der Waals surface area (Å²) in [4.78, 5) is 0. The van der Waals surface area contributed by atoms with E-state index in [-0.39, 0.29) is 5.73 Å². The van der Waals surface area contributed by atoms with Crippen LogP contribution in [-0.4, -0.2) is 20.3 Å². The van der Waals surface area contributed by atoms with E-state index < -0.39 is 8.07 Å². The molecule has 0 saturated heterocycles. The molecule has 1 aromatic rings. The van der Waals surface area contributed by atoms with Crippen LogP contribution in [0.15, 0.2) is 24.3 Å². The number of aliphatic hydroxyl groups excluding tert-OH is 1. The lowest BCUT2D eigenvalue weighted by Crippen LogP contribution is -2.30. The fourth-order valence-corrected chi connectivity index (χ4v) is 2.48. The summed E-state index contributed by atoms with van der Waals surface area (Å²) in [7, 11) is 0.129. The van der Waals surface area contributed by atoms with Crippen molar-refractivity contribution in [2.75, 3.05) is 7.11 Å². The lowest BCUT2D eigenvalue weighted by atomic mass is 10.2. The van der Waals surface area contributed by atoms with Crippen molar-refractivity contribution in [1.82, 2.24) is 0 Å². The molecule has 0 heterocycles. The number of ether oxygens (including phenoxy) is 1. The van der Waals surface area contributed by atoms with Gasteiger partial charge in [-0.05, 0) is 17.7 Å². The van der Waals surface area contributed by atoms with Crippen molar-refractivity contribution >= 4 is 8.07 Å². The van der Waals surface area contributed by atoms with Crippen LogP contribution >= 0.6 is 0 Å². The molecule has 0 radical (unpaired) electrons. The average molecular weight is 210 g/mol. The summed E-state index contributed by atoms with van der Waals surface area (Å²) >= 11 is 0. The molecule has 1 atom stereocenters. The molecule has 0 unspecified atom stereocenters. The van der Waals surface area contributed by atoms with Crippen molar-refractivity contribution in [3.63, 3.8) is 0 Å². The lowest BCUT2D eigenvalue weighted by molar-refractivity contribution is 0.249. The molecule has 0 saturated carbocycles. The minimum atomic E-state index is -1.51. The zero-order chi connectivity index (χ0) is 10.8. The van der Waals surface area contributed by atoms with Gasteiger partial charge in [-0.25, -0.2) is 0 Å². The van der Waals surface area contributed by atoms with E-state index in [2.05, 4.69) is 19.6 Å². The SMILES string of the molecule is COc1ccc([C@@H](O)[Si](C)(C)C)cc1. The third-order valence-corrected chi connectivity index (χ3v) is 4.23. The monoisotopic (exact) mass is 210 g/mol. The van der Waals surface area contributed by atoms with Crippen molar-refractivity contribution in [1.29, 1.82) is 0 Å². The van der Waals surface area contributed by atoms with Gasteiger partial charge in [0.15, 0.2) is 0 Å². The van der Waals surface area contributed by atoms with Gasteiger partial charge in [-0.15, -0.1) is 0 Å². The second-order valence-corrected chi connectivity index (χ2v) is 9.82. The molecular formula is C11H18O2Si. The first-order chi connectivity index (χ1) is 6.45. The Hall–Kier alpha value is -0.803. The summed E-state index contributed by atoms with van der Waals surface area (Å²) in [6.07, 6.45) is 0. The Morgan fingerprint density at radius 3 is 2.00 bits per heavy atom. The van der Waals surface area contributed by atoms with E-state index >= 15 is 0 Å². The number of rotatable bonds is 3. The van der Waals surface area contributed by atoms with Gasteiger partial charge in [-0.3, -0.25) is 0 Å². The molecule has 0 fully saturated rings. The van der Waals surface area contributed by atoms with Crippen molar-refractivity contribution in [3.05, 3.63) is 29.8 Å².